The zero-order valence-corrected chi connectivity index (χ0v) is 18.2. The lowest BCUT2D eigenvalue weighted by Gasteiger charge is -2.42. The second-order valence-electron chi connectivity index (χ2n) is 7.33. The third-order valence-electron chi connectivity index (χ3n) is 4.90. The number of hydrogen-bond acceptors (Lipinski definition) is 8. The molecule has 1 atom stereocenters. The molecule has 1 aromatic rings. The maximum Gasteiger partial charge on any atom is 0.323 e. The minimum atomic E-state index is -0.561. The summed E-state index contributed by atoms with van der Waals surface area (Å²) in [6.45, 7) is 7.21. The zero-order chi connectivity index (χ0) is 21.7. The van der Waals surface area contributed by atoms with Crippen LogP contribution in [0.4, 0.5) is 0 Å². The van der Waals surface area contributed by atoms with E-state index in [0.717, 1.165) is 5.56 Å². The van der Waals surface area contributed by atoms with E-state index in [9.17, 15) is 14.9 Å². The van der Waals surface area contributed by atoms with Gasteiger partial charge in [-0.15, -0.1) is 0 Å². The largest absolute Gasteiger partial charge is 0.468 e. The molecular weight excluding hydrogens is 398 g/mol. The number of methoxy groups -OCH3 is 1. The molecule has 9 nitrogen and oxygen atoms in total. The van der Waals surface area contributed by atoms with Crippen LogP contribution in [0.2, 0.25) is 5.15 Å². The van der Waals surface area contributed by atoms with Crippen LogP contribution in [0.3, 0.4) is 0 Å². The summed E-state index contributed by atoms with van der Waals surface area (Å²) in [6, 6.07) is 2.99. The summed E-state index contributed by atoms with van der Waals surface area (Å²) in [7, 11) is 3.13. The highest BCUT2D eigenvalue weighted by atomic mass is 35.5. The first kappa shape index (κ1) is 22.9. The number of rotatable bonds is 8. The van der Waals surface area contributed by atoms with Crippen LogP contribution in [0.1, 0.15) is 26.3 Å². The molecule has 0 saturated heterocycles. The van der Waals surface area contributed by atoms with Gasteiger partial charge in [0, 0.05) is 26.3 Å². The Hall–Kier alpha value is -2.39. The van der Waals surface area contributed by atoms with E-state index in [4.69, 9.17) is 16.3 Å². The SMILES string of the molecule is CCN(Cc1ccc(Cl)nc1)C1=C([N+](=O)[O-])CN([C@H](C(=O)OC)C(C)C)CN1C. The molecule has 1 aliphatic rings. The molecule has 0 fully saturated rings. The van der Waals surface area contributed by atoms with Crippen LogP contribution >= 0.6 is 11.6 Å². The minimum absolute atomic E-state index is 0.0483. The van der Waals surface area contributed by atoms with Crippen molar-refractivity contribution in [2.24, 2.45) is 5.92 Å². The molecule has 10 heteroatoms. The smallest absolute Gasteiger partial charge is 0.323 e. The molecule has 0 amide bonds. The molecule has 160 valence electrons. The summed E-state index contributed by atoms with van der Waals surface area (Å²) in [4.78, 5) is 33.5. The lowest BCUT2D eigenvalue weighted by molar-refractivity contribution is -0.434. The highest BCUT2D eigenvalue weighted by Gasteiger charge is 2.40. The summed E-state index contributed by atoms with van der Waals surface area (Å²) in [5, 5.41) is 12.3. The Labute approximate surface area is 176 Å². The van der Waals surface area contributed by atoms with Crippen LogP contribution in [-0.4, -0.2) is 70.5 Å². The lowest BCUT2D eigenvalue weighted by atomic mass is 10.0. The highest BCUT2D eigenvalue weighted by molar-refractivity contribution is 6.29. The minimum Gasteiger partial charge on any atom is -0.468 e. The second kappa shape index (κ2) is 9.89. The third-order valence-corrected chi connectivity index (χ3v) is 5.12. The molecule has 0 spiro atoms. The molecule has 1 aromatic heterocycles. The van der Waals surface area contributed by atoms with Gasteiger partial charge in [0.25, 0.3) is 5.70 Å². The van der Waals surface area contributed by atoms with E-state index in [0.29, 0.717) is 30.7 Å². The van der Waals surface area contributed by atoms with Crippen molar-refractivity contribution in [3.05, 3.63) is 50.7 Å². The molecule has 0 radical (unpaired) electrons. The molecule has 0 aromatic carbocycles. The van der Waals surface area contributed by atoms with Gasteiger partial charge in [-0.2, -0.15) is 0 Å². The number of carbonyl (C=O) groups excluding carboxylic acids is 1. The molecule has 1 aliphatic heterocycles. The fourth-order valence-corrected chi connectivity index (χ4v) is 3.75. The van der Waals surface area contributed by atoms with Crippen molar-refractivity contribution in [1.29, 1.82) is 0 Å². The van der Waals surface area contributed by atoms with Crippen LogP contribution in [-0.2, 0) is 16.1 Å². The Morgan fingerprint density at radius 1 is 1.45 bits per heavy atom. The molecule has 29 heavy (non-hydrogen) atoms. The zero-order valence-electron chi connectivity index (χ0n) is 17.5. The normalized spacial score (nSPS) is 16.2. The van der Waals surface area contributed by atoms with Crippen molar-refractivity contribution in [2.75, 3.05) is 33.9 Å². The number of esters is 1. The topological polar surface area (TPSA) is 92.0 Å². The van der Waals surface area contributed by atoms with E-state index in [2.05, 4.69) is 4.98 Å². The standard InChI is InChI=1S/C19H28ClN5O4/c1-6-23(10-14-7-8-16(20)21-9-14)18-15(25(27)28)11-24(12-22(18)4)17(13(2)3)19(26)29-5/h7-9,13,17H,6,10-12H2,1-5H3/t17-/m0/s1. The first-order valence-electron chi connectivity index (χ1n) is 9.45. The average Bonchev–Trinajstić information content (AvgIpc) is 2.67. The maximum atomic E-state index is 12.3. The average molecular weight is 426 g/mol. The van der Waals surface area contributed by atoms with Crippen molar-refractivity contribution < 1.29 is 14.5 Å². The lowest BCUT2D eigenvalue weighted by Crippen LogP contribution is -2.55. The second-order valence-corrected chi connectivity index (χ2v) is 7.72. The van der Waals surface area contributed by atoms with Gasteiger partial charge in [-0.1, -0.05) is 31.5 Å². The van der Waals surface area contributed by atoms with Gasteiger partial charge in [0.05, 0.1) is 25.2 Å². The van der Waals surface area contributed by atoms with Crippen LogP contribution in [0.5, 0.6) is 0 Å². The van der Waals surface area contributed by atoms with Gasteiger partial charge in [0.2, 0.25) is 0 Å². The summed E-state index contributed by atoms with van der Waals surface area (Å²) >= 11 is 5.85. The van der Waals surface area contributed by atoms with Crippen molar-refractivity contribution >= 4 is 17.6 Å². The van der Waals surface area contributed by atoms with Gasteiger partial charge in [0.1, 0.15) is 11.2 Å². The first-order chi connectivity index (χ1) is 13.7. The Morgan fingerprint density at radius 3 is 2.62 bits per heavy atom. The van der Waals surface area contributed by atoms with Gasteiger partial charge < -0.3 is 14.5 Å². The summed E-state index contributed by atoms with van der Waals surface area (Å²) in [5.74, 6) is 0.100. The Kier molecular flexibility index (Phi) is 7.80. The Morgan fingerprint density at radius 2 is 2.14 bits per heavy atom. The highest BCUT2D eigenvalue weighted by Crippen LogP contribution is 2.26. The molecule has 2 rings (SSSR count). The van der Waals surface area contributed by atoms with Crippen molar-refractivity contribution in [2.45, 2.75) is 33.4 Å². The van der Waals surface area contributed by atoms with Gasteiger partial charge in [-0.25, -0.2) is 4.98 Å². The van der Waals surface area contributed by atoms with Gasteiger partial charge in [-0.05, 0) is 24.5 Å². The number of carbonyl (C=O) groups is 1. The fourth-order valence-electron chi connectivity index (χ4n) is 3.64. The van der Waals surface area contributed by atoms with E-state index in [1.54, 1.807) is 24.2 Å². The van der Waals surface area contributed by atoms with Crippen LogP contribution in [0, 0.1) is 16.0 Å². The molecule has 0 N–H and O–H groups in total. The van der Waals surface area contributed by atoms with E-state index >= 15 is 0 Å². The Bertz CT molecular complexity index is 768. The van der Waals surface area contributed by atoms with E-state index in [-0.39, 0.29) is 29.1 Å². The maximum absolute atomic E-state index is 12.3. The van der Waals surface area contributed by atoms with Gasteiger partial charge in [-0.3, -0.25) is 19.8 Å². The molecule has 0 unspecified atom stereocenters. The van der Waals surface area contributed by atoms with Crippen LogP contribution in [0.15, 0.2) is 29.8 Å². The van der Waals surface area contributed by atoms with Crippen LogP contribution in [0.25, 0.3) is 0 Å². The number of nitrogens with zero attached hydrogens (tertiary/aromatic N) is 5. The van der Waals surface area contributed by atoms with E-state index < -0.39 is 6.04 Å². The number of halogens is 1. The van der Waals surface area contributed by atoms with E-state index in [1.165, 1.54) is 7.11 Å². The number of pyridine rings is 1. The van der Waals surface area contributed by atoms with Gasteiger partial charge in [0.15, 0.2) is 5.82 Å². The first-order valence-corrected chi connectivity index (χ1v) is 9.83. The quantitative estimate of drug-likeness (QED) is 0.271. The summed E-state index contributed by atoms with van der Waals surface area (Å²) in [6.07, 6.45) is 1.67. The van der Waals surface area contributed by atoms with E-state index in [1.807, 2.05) is 36.6 Å². The number of aromatic nitrogens is 1. The van der Waals surface area contributed by atoms with Gasteiger partial charge >= 0.3 is 5.97 Å². The van der Waals surface area contributed by atoms with Crippen LogP contribution < -0.4 is 0 Å². The summed E-state index contributed by atoms with van der Waals surface area (Å²) < 4.78 is 4.93. The van der Waals surface area contributed by atoms with Crippen molar-refractivity contribution in [3.8, 4) is 0 Å². The monoisotopic (exact) mass is 425 g/mol. The number of nitro groups is 1. The molecule has 0 saturated carbocycles. The third kappa shape index (κ3) is 5.36. The van der Waals surface area contributed by atoms with Crippen molar-refractivity contribution in [3.63, 3.8) is 0 Å². The number of hydrogen-bond donors (Lipinski definition) is 0. The predicted molar refractivity (Wildman–Crippen MR) is 109 cm³/mol. The van der Waals surface area contributed by atoms with Crippen molar-refractivity contribution in [1.82, 2.24) is 19.7 Å². The molecular formula is C19H28ClN5O4. The molecule has 0 aliphatic carbocycles. The number of ether oxygens (including phenoxy) is 1. The predicted octanol–water partition coefficient (Wildman–Crippen LogP) is 2.41. The molecule has 2 heterocycles. The molecule has 0 bridgehead atoms. The Balaban J connectivity index is 2.38. The fraction of sp³-hybridized carbons (Fsp3) is 0.579. The summed E-state index contributed by atoms with van der Waals surface area (Å²) in [5.41, 5.74) is 0.953.